The van der Waals surface area contributed by atoms with E-state index in [0.29, 0.717) is 23.5 Å². The van der Waals surface area contributed by atoms with Gasteiger partial charge in [-0.2, -0.15) is 23.3 Å². The van der Waals surface area contributed by atoms with Gasteiger partial charge in [0, 0.05) is 18.4 Å². The lowest BCUT2D eigenvalue weighted by Crippen LogP contribution is -2.05. The molecule has 162 valence electrons. The number of imidazole rings is 1. The molecule has 0 aliphatic heterocycles. The summed E-state index contributed by atoms with van der Waals surface area (Å²) in [5.41, 5.74) is 0.917. The molecular weight excluding hydrogens is 433 g/mol. The molecule has 0 atom stereocenters. The molecule has 0 aliphatic rings. The maximum absolute atomic E-state index is 13.2. The molecule has 4 rings (SSSR count). The van der Waals surface area contributed by atoms with Crippen LogP contribution in [0.1, 0.15) is 31.1 Å². The average molecular weight is 451 g/mol. The third kappa shape index (κ3) is 4.07. The van der Waals surface area contributed by atoms with E-state index >= 15 is 0 Å². The second-order valence-electron chi connectivity index (χ2n) is 7.20. The van der Waals surface area contributed by atoms with E-state index in [1.165, 1.54) is 11.7 Å². The minimum atomic E-state index is -4.54. The molecule has 0 N–H and O–H groups in total. The zero-order valence-corrected chi connectivity index (χ0v) is 17.6. The van der Waals surface area contributed by atoms with E-state index in [9.17, 15) is 13.2 Å². The van der Waals surface area contributed by atoms with Crippen molar-refractivity contribution in [2.45, 2.75) is 32.6 Å². The summed E-state index contributed by atoms with van der Waals surface area (Å²) in [6, 6.07) is 5.02. The van der Waals surface area contributed by atoms with E-state index in [1.54, 1.807) is 49.1 Å². The third-order valence-corrected chi connectivity index (χ3v) is 4.95. The Morgan fingerprint density at radius 2 is 1.94 bits per heavy atom. The average Bonchev–Trinajstić information content (AvgIpc) is 3.33. The third-order valence-electron chi connectivity index (χ3n) is 4.77. The Balaban J connectivity index is 1.74. The maximum Gasteiger partial charge on any atom is 0.434 e. The predicted molar refractivity (Wildman–Crippen MR) is 109 cm³/mol. The van der Waals surface area contributed by atoms with Gasteiger partial charge in [-0.05, 0) is 43.1 Å². The molecule has 0 aliphatic carbocycles. The molecule has 31 heavy (non-hydrogen) atoms. The summed E-state index contributed by atoms with van der Waals surface area (Å²) in [5, 5.41) is 5.17. The van der Waals surface area contributed by atoms with Crippen molar-refractivity contribution in [1.82, 2.24) is 29.3 Å². The molecule has 11 heteroatoms. The molecule has 4 aromatic rings. The number of halogens is 4. The zero-order valence-electron chi connectivity index (χ0n) is 16.9. The van der Waals surface area contributed by atoms with Crippen molar-refractivity contribution in [3.8, 4) is 17.1 Å². The Morgan fingerprint density at radius 1 is 1.16 bits per heavy atom. The van der Waals surface area contributed by atoms with E-state index in [1.807, 2.05) is 0 Å². The van der Waals surface area contributed by atoms with Crippen molar-refractivity contribution in [3.63, 3.8) is 0 Å². The van der Waals surface area contributed by atoms with Crippen LogP contribution in [0.2, 0.25) is 5.28 Å². The molecule has 3 aromatic heterocycles. The monoisotopic (exact) mass is 450 g/mol. The minimum absolute atomic E-state index is 0.114. The van der Waals surface area contributed by atoms with Gasteiger partial charge in [-0.1, -0.05) is 6.07 Å². The van der Waals surface area contributed by atoms with Crippen LogP contribution in [0.25, 0.3) is 22.4 Å². The highest BCUT2D eigenvalue weighted by Gasteiger charge is 2.35. The van der Waals surface area contributed by atoms with Gasteiger partial charge in [-0.15, -0.1) is 0 Å². The van der Waals surface area contributed by atoms with Crippen LogP contribution < -0.4 is 4.74 Å². The summed E-state index contributed by atoms with van der Waals surface area (Å²) in [6.07, 6.45) is -0.295. The highest BCUT2D eigenvalue weighted by Crippen LogP contribution is 2.36. The fourth-order valence-corrected chi connectivity index (χ4v) is 3.41. The number of ether oxygens (including phenoxy) is 1. The molecule has 0 fully saturated rings. The first kappa shape index (κ1) is 21.1. The highest BCUT2D eigenvalue weighted by molar-refractivity contribution is 6.28. The van der Waals surface area contributed by atoms with Gasteiger partial charge < -0.3 is 9.30 Å². The molecule has 7 nitrogen and oxygen atoms in total. The molecule has 0 saturated heterocycles. The number of benzene rings is 1. The van der Waals surface area contributed by atoms with Gasteiger partial charge in [0.15, 0.2) is 11.3 Å². The number of aromatic nitrogens is 6. The number of alkyl halides is 3. The second kappa shape index (κ2) is 7.84. The summed E-state index contributed by atoms with van der Waals surface area (Å²) in [7, 11) is 1.46. The smallest absolute Gasteiger partial charge is 0.434 e. The van der Waals surface area contributed by atoms with E-state index in [4.69, 9.17) is 16.3 Å². The zero-order chi connectivity index (χ0) is 22.3. The lowest BCUT2D eigenvalue weighted by Gasteiger charge is -2.15. The summed E-state index contributed by atoms with van der Waals surface area (Å²) >= 11 is 5.89. The topological polar surface area (TPSA) is 70.7 Å². The maximum atomic E-state index is 13.2. The van der Waals surface area contributed by atoms with Gasteiger partial charge in [0.05, 0.1) is 30.8 Å². The van der Waals surface area contributed by atoms with Crippen molar-refractivity contribution in [1.29, 1.82) is 0 Å². The number of rotatable bonds is 5. The van der Waals surface area contributed by atoms with E-state index in [-0.39, 0.29) is 17.1 Å². The van der Waals surface area contributed by atoms with Gasteiger partial charge >= 0.3 is 6.18 Å². The van der Waals surface area contributed by atoms with E-state index in [2.05, 4.69) is 20.1 Å². The molecule has 1 aromatic carbocycles. The van der Waals surface area contributed by atoms with Crippen molar-refractivity contribution in [2.75, 3.05) is 7.11 Å². The molecular formula is C20H18ClF3N6O. The van der Waals surface area contributed by atoms with Crippen LogP contribution in [0.3, 0.4) is 0 Å². The van der Waals surface area contributed by atoms with Crippen LogP contribution in [0.4, 0.5) is 13.2 Å². The minimum Gasteiger partial charge on any atom is -0.496 e. The molecule has 0 radical (unpaired) electrons. The van der Waals surface area contributed by atoms with Gasteiger partial charge in [0.2, 0.25) is 5.28 Å². The van der Waals surface area contributed by atoms with Gasteiger partial charge in [-0.25, -0.2) is 14.6 Å². The van der Waals surface area contributed by atoms with Crippen LogP contribution in [-0.2, 0) is 12.7 Å². The van der Waals surface area contributed by atoms with Crippen LogP contribution in [0, 0.1) is 0 Å². The number of methoxy groups -OCH3 is 1. The number of fused-ring (bicyclic) bond motifs is 1. The summed E-state index contributed by atoms with van der Waals surface area (Å²) in [5.74, 6) is 0.595. The SMILES string of the molecule is COc1cc(Cn2ncc3cnc(Cl)nc32)ccc1-c1nc(C(F)(F)F)cn1C(C)C. The van der Waals surface area contributed by atoms with Crippen LogP contribution in [0.15, 0.2) is 36.8 Å². The highest BCUT2D eigenvalue weighted by atomic mass is 35.5. The van der Waals surface area contributed by atoms with Crippen molar-refractivity contribution in [3.05, 3.63) is 53.3 Å². The molecule has 0 amide bonds. The Morgan fingerprint density at radius 3 is 2.61 bits per heavy atom. The second-order valence-corrected chi connectivity index (χ2v) is 7.54. The molecule has 0 unspecified atom stereocenters. The Labute approximate surface area is 180 Å². The molecule has 0 saturated carbocycles. The lowest BCUT2D eigenvalue weighted by atomic mass is 10.1. The normalized spacial score (nSPS) is 12.1. The summed E-state index contributed by atoms with van der Waals surface area (Å²) in [4.78, 5) is 12.0. The van der Waals surface area contributed by atoms with Gasteiger partial charge in [0.25, 0.3) is 0 Å². The first-order valence-corrected chi connectivity index (χ1v) is 9.72. The Bertz CT molecular complexity index is 1250. The van der Waals surface area contributed by atoms with Crippen LogP contribution in [-0.4, -0.2) is 36.4 Å². The van der Waals surface area contributed by atoms with E-state index in [0.717, 1.165) is 17.1 Å². The predicted octanol–water partition coefficient (Wildman–Crippen LogP) is 5.00. The van der Waals surface area contributed by atoms with Gasteiger partial charge in [-0.3, -0.25) is 0 Å². The lowest BCUT2D eigenvalue weighted by molar-refractivity contribution is -0.140. The van der Waals surface area contributed by atoms with Crippen LogP contribution >= 0.6 is 11.6 Å². The summed E-state index contributed by atoms with van der Waals surface area (Å²) in [6.45, 7) is 3.95. The first-order chi connectivity index (χ1) is 14.7. The molecule has 3 heterocycles. The fourth-order valence-electron chi connectivity index (χ4n) is 3.28. The number of nitrogens with zero attached hydrogens (tertiary/aromatic N) is 6. The summed E-state index contributed by atoms with van der Waals surface area (Å²) < 4.78 is 48.3. The van der Waals surface area contributed by atoms with Gasteiger partial charge in [0.1, 0.15) is 11.6 Å². The largest absolute Gasteiger partial charge is 0.496 e. The fraction of sp³-hybridized carbons (Fsp3) is 0.300. The Hall–Kier alpha value is -3.14. The van der Waals surface area contributed by atoms with Crippen molar-refractivity contribution >= 4 is 22.6 Å². The molecule has 0 spiro atoms. The number of hydrogen-bond donors (Lipinski definition) is 0. The number of hydrogen-bond acceptors (Lipinski definition) is 5. The standard InChI is InChI=1S/C20H18ClF3N6O/c1-11(2)29-10-16(20(22,23)24)27-18(29)14-5-4-12(6-15(14)31-3)9-30-17-13(8-26-30)7-25-19(21)28-17/h4-8,10-11H,9H2,1-3H3. The quantitative estimate of drug-likeness (QED) is 0.400. The van der Waals surface area contributed by atoms with Crippen molar-refractivity contribution < 1.29 is 17.9 Å². The molecule has 0 bridgehead atoms. The first-order valence-electron chi connectivity index (χ1n) is 9.34. The van der Waals surface area contributed by atoms with Crippen LogP contribution in [0.5, 0.6) is 5.75 Å². The Kier molecular flexibility index (Phi) is 5.34. The van der Waals surface area contributed by atoms with Crippen molar-refractivity contribution in [2.24, 2.45) is 0 Å². The van der Waals surface area contributed by atoms with E-state index < -0.39 is 11.9 Å².